The van der Waals surface area contributed by atoms with Crippen LogP contribution < -0.4 is 10.1 Å². The van der Waals surface area contributed by atoms with E-state index < -0.39 is 33.1 Å². The van der Waals surface area contributed by atoms with Gasteiger partial charge in [0.15, 0.2) is 12.4 Å². The molecule has 10 heteroatoms. The SMILES string of the molecule is O=C(COc1ccc(S(=O)(=O)N2CCCC2)cc1[N+](=O)[O-])N[C@H]1CCCc2ccccc21. The van der Waals surface area contributed by atoms with E-state index in [0.29, 0.717) is 13.1 Å². The van der Waals surface area contributed by atoms with Gasteiger partial charge < -0.3 is 10.1 Å². The van der Waals surface area contributed by atoms with E-state index in [1.165, 1.54) is 22.0 Å². The van der Waals surface area contributed by atoms with Gasteiger partial charge in [-0.15, -0.1) is 0 Å². The molecule has 2 aliphatic rings. The zero-order chi connectivity index (χ0) is 22.7. The van der Waals surface area contributed by atoms with Crippen LogP contribution in [0.3, 0.4) is 0 Å². The number of nitro benzene ring substituents is 1. The summed E-state index contributed by atoms with van der Waals surface area (Å²) in [6, 6.07) is 11.3. The number of carbonyl (C=O) groups is 1. The molecule has 0 saturated carbocycles. The number of amides is 1. The molecule has 0 radical (unpaired) electrons. The number of rotatable bonds is 7. The Hall–Kier alpha value is -2.98. The first kappa shape index (κ1) is 22.2. The lowest BCUT2D eigenvalue weighted by atomic mass is 9.88. The number of nitrogens with zero attached hydrogens (tertiary/aromatic N) is 2. The predicted molar refractivity (Wildman–Crippen MR) is 117 cm³/mol. The standard InChI is InChI=1S/C22H25N3O6S/c26-22(23-19-9-5-7-16-6-1-2-8-18(16)19)15-31-21-11-10-17(14-20(21)25(27)28)32(29,30)24-12-3-4-13-24/h1-2,6,8,10-11,14,19H,3-5,7,9,12-13,15H2,(H,23,26)/t19-/m0/s1. The summed E-state index contributed by atoms with van der Waals surface area (Å²) in [7, 11) is -3.80. The Labute approximate surface area is 186 Å². The predicted octanol–water partition coefficient (Wildman–Crippen LogP) is 2.95. The molecule has 0 spiro atoms. The second kappa shape index (κ2) is 9.25. The summed E-state index contributed by atoms with van der Waals surface area (Å²) in [5, 5.41) is 14.5. The smallest absolute Gasteiger partial charge is 0.312 e. The van der Waals surface area contributed by atoms with Crippen LogP contribution >= 0.6 is 0 Å². The molecular formula is C22H25N3O6S. The zero-order valence-electron chi connectivity index (χ0n) is 17.5. The van der Waals surface area contributed by atoms with Gasteiger partial charge in [0.1, 0.15) is 0 Å². The van der Waals surface area contributed by atoms with Crippen LogP contribution in [0.4, 0.5) is 5.69 Å². The maximum atomic E-state index is 12.7. The van der Waals surface area contributed by atoms with Crippen molar-refractivity contribution in [3.05, 3.63) is 63.7 Å². The highest BCUT2D eigenvalue weighted by Gasteiger charge is 2.30. The van der Waals surface area contributed by atoms with Gasteiger partial charge in [-0.05, 0) is 55.4 Å². The average molecular weight is 460 g/mol. The van der Waals surface area contributed by atoms with Gasteiger partial charge in [0.05, 0.1) is 15.9 Å². The van der Waals surface area contributed by atoms with Crippen LogP contribution in [0.15, 0.2) is 47.4 Å². The maximum Gasteiger partial charge on any atom is 0.312 e. The van der Waals surface area contributed by atoms with Gasteiger partial charge in [0.2, 0.25) is 10.0 Å². The van der Waals surface area contributed by atoms with Crippen molar-refractivity contribution in [3.8, 4) is 5.75 Å². The van der Waals surface area contributed by atoms with E-state index in [1.54, 1.807) is 0 Å². The van der Waals surface area contributed by atoms with Crippen LogP contribution in [0.5, 0.6) is 5.75 Å². The van der Waals surface area contributed by atoms with E-state index in [2.05, 4.69) is 5.32 Å². The molecule has 2 aromatic rings. The summed E-state index contributed by atoms with van der Waals surface area (Å²) in [5.74, 6) is -0.538. The Bertz CT molecular complexity index is 1130. The number of fused-ring (bicyclic) bond motifs is 1. The van der Waals surface area contributed by atoms with E-state index >= 15 is 0 Å². The highest BCUT2D eigenvalue weighted by Crippen LogP contribution is 2.32. The number of ether oxygens (including phenoxy) is 1. The molecule has 1 heterocycles. The third-order valence-electron chi connectivity index (χ3n) is 5.89. The van der Waals surface area contributed by atoms with E-state index in [9.17, 15) is 23.3 Å². The molecule has 4 rings (SSSR count). The van der Waals surface area contributed by atoms with E-state index in [1.807, 2.05) is 24.3 Å². The van der Waals surface area contributed by atoms with Crippen molar-refractivity contribution in [2.24, 2.45) is 0 Å². The Kier molecular flexibility index (Phi) is 6.43. The number of nitrogens with one attached hydrogen (secondary N) is 1. The van der Waals surface area contributed by atoms with Crippen molar-refractivity contribution in [3.63, 3.8) is 0 Å². The van der Waals surface area contributed by atoms with E-state index in [0.717, 1.165) is 43.7 Å². The molecule has 0 aromatic heterocycles. The van der Waals surface area contributed by atoms with Crippen molar-refractivity contribution < 1.29 is 22.9 Å². The molecule has 0 bridgehead atoms. The first-order chi connectivity index (χ1) is 15.4. The van der Waals surface area contributed by atoms with Crippen LogP contribution in [0.1, 0.15) is 42.9 Å². The van der Waals surface area contributed by atoms with Crippen LogP contribution in [-0.2, 0) is 21.2 Å². The molecule has 32 heavy (non-hydrogen) atoms. The minimum absolute atomic E-state index is 0.126. The number of benzene rings is 2. The monoisotopic (exact) mass is 459 g/mol. The molecule has 1 aliphatic carbocycles. The lowest BCUT2D eigenvalue weighted by molar-refractivity contribution is -0.386. The largest absolute Gasteiger partial charge is 0.477 e. The number of carbonyl (C=O) groups excluding carboxylic acids is 1. The fraction of sp³-hybridized carbons (Fsp3) is 0.409. The van der Waals surface area contributed by atoms with E-state index in [-0.39, 0.29) is 16.7 Å². The molecule has 1 amide bonds. The first-order valence-electron chi connectivity index (χ1n) is 10.6. The quantitative estimate of drug-likeness (QED) is 0.502. The minimum Gasteiger partial charge on any atom is -0.477 e. The fourth-order valence-electron chi connectivity index (χ4n) is 4.28. The molecule has 0 unspecified atom stereocenters. The van der Waals surface area contributed by atoms with Crippen LogP contribution in [-0.4, -0.2) is 43.2 Å². The summed E-state index contributed by atoms with van der Waals surface area (Å²) in [4.78, 5) is 23.2. The minimum atomic E-state index is -3.80. The average Bonchev–Trinajstić information content (AvgIpc) is 3.34. The highest BCUT2D eigenvalue weighted by atomic mass is 32.2. The van der Waals surface area contributed by atoms with Crippen LogP contribution in [0.25, 0.3) is 0 Å². The van der Waals surface area contributed by atoms with Gasteiger partial charge in [-0.25, -0.2) is 8.42 Å². The molecular weight excluding hydrogens is 434 g/mol. The molecule has 170 valence electrons. The first-order valence-corrected chi connectivity index (χ1v) is 12.1. The number of sulfonamides is 1. The van der Waals surface area contributed by atoms with Crippen LogP contribution in [0.2, 0.25) is 0 Å². The number of hydrogen-bond donors (Lipinski definition) is 1. The van der Waals surface area contributed by atoms with Gasteiger partial charge in [-0.1, -0.05) is 24.3 Å². The zero-order valence-corrected chi connectivity index (χ0v) is 18.3. The Morgan fingerprint density at radius 1 is 1.16 bits per heavy atom. The highest BCUT2D eigenvalue weighted by molar-refractivity contribution is 7.89. The summed E-state index contributed by atoms with van der Waals surface area (Å²) in [5.41, 5.74) is 1.80. The molecule has 1 aliphatic heterocycles. The fourth-order valence-corrected chi connectivity index (χ4v) is 5.82. The van der Waals surface area contributed by atoms with Crippen molar-refractivity contribution in [2.75, 3.05) is 19.7 Å². The topological polar surface area (TPSA) is 119 Å². The Morgan fingerprint density at radius 2 is 1.91 bits per heavy atom. The molecule has 1 atom stereocenters. The van der Waals surface area contributed by atoms with Gasteiger partial charge in [0, 0.05) is 19.2 Å². The third-order valence-corrected chi connectivity index (χ3v) is 7.79. The lowest BCUT2D eigenvalue weighted by Gasteiger charge is -2.26. The van der Waals surface area contributed by atoms with Crippen LogP contribution in [0, 0.1) is 10.1 Å². The van der Waals surface area contributed by atoms with E-state index in [4.69, 9.17) is 4.74 Å². The van der Waals surface area contributed by atoms with Crippen molar-refractivity contribution in [1.82, 2.24) is 9.62 Å². The molecule has 9 nitrogen and oxygen atoms in total. The third kappa shape index (κ3) is 4.61. The second-order valence-electron chi connectivity index (χ2n) is 8.00. The maximum absolute atomic E-state index is 12.7. The van der Waals surface area contributed by atoms with Crippen molar-refractivity contribution in [1.29, 1.82) is 0 Å². The van der Waals surface area contributed by atoms with Gasteiger partial charge >= 0.3 is 5.69 Å². The Balaban J connectivity index is 1.45. The van der Waals surface area contributed by atoms with Crippen molar-refractivity contribution >= 4 is 21.6 Å². The van der Waals surface area contributed by atoms with Gasteiger partial charge in [-0.2, -0.15) is 4.31 Å². The van der Waals surface area contributed by atoms with Gasteiger partial charge in [0.25, 0.3) is 5.91 Å². The summed E-state index contributed by atoms with van der Waals surface area (Å²) in [6.45, 7) is 0.398. The number of aryl methyl sites for hydroxylation is 1. The number of hydrogen-bond acceptors (Lipinski definition) is 6. The van der Waals surface area contributed by atoms with Gasteiger partial charge in [-0.3, -0.25) is 14.9 Å². The normalized spacial score (nSPS) is 18.7. The summed E-state index contributed by atoms with van der Waals surface area (Å²) >= 11 is 0. The molecule has 2 aromatic carbocycles. The lowest BCUT2D eigenvalue weighted by Crippen LogP contribution is -2.34. The second-order valence-corrected chi connectivity index (χ2v) is 9.94. The summed E-state index contributed by atoms with van der Waals surface area (Å²) in [6.07, 6.45) is 4.28. The Morgan fingerprint density at radius 3 is 2.66 bits per heavy atom. The summed E-state index contributed by atoms with van der Waals surface area (Å²) < 4.78 is 32.2. The van der Waals surface area contributed by atoms with Crippen molar-refractivity contribution in [2.45, 2.75) is 43.0 Å². The molecule has 1 fully saturated rings. The molecule has 1 saturated heterocycles. The number of nitro groups is 1. The molecule has 1 N–H and O–H groups in total.